The van der Waals surface area contributed by atoms with Gasteiger partial charge in [-0.1, -0.05) is 6.07 Å². The highest BCUT2D eigenvalue weighted by Crippen LogP contribution is 2.13. The van der Waals surface area contributed by atoms with E-state index < -0.39 is 15.8 Å². The summed E-state index contributed by atoms with van der Waals surface area (Å²) in [5.74, 6) is -0.593. The van der Waals surface area contributed by atoms with Crippen molar-refractivity contribution < 1.29 is 27.8 Å². The Balaban J connectivity index is 2.38. The van der Waals surface area contributed by atoms with E-state index in [1.807, 2.05) is 0 Å². The molecule has 7 heteroatoms. The van der Waals surface area contributed by atoms with Crippen LogP contribution in [0.5, 0.6) is 5.75 Å². The summed E-state index contributed by atoms with van der Waals surface area (Å²) in [6.45, 7) is 0.402. The largest absolute Gasteiger partial charge is 0.494 e. The Morgan fingerprint density at radius 3 is 2.65 bits per heavy atom. The zero-order chi connectivity index (χ0) is 15.0. The molecule has 0 aliphatic heterocycles. The van der Waals surface area contributed by atoms with Crippen molar-refractivity contribution in [3.8, 4) is 5.75 Å². The van der Waals surface area contributed by atoms with Crippen molar-refractivity contribution in [3.05, 3.63) is 29.8 Å². The van der Waals surface area contributed by atoms with E-state index in [1.54, 1.807) is 12.1 Å². The fraction of sp³-hybridized carbons (Fsp3) is 0.462. The van der Waals surface area contributed by atoms with Crippen LogP contribution in [-0.4, -0.2) is 51.3 Å². The summed E-state index contributed by atoms with van der Waals surface area (Å²) in [5.41, 5.74) is 0.134. The molecule has 1 aromatic carbocycles. The van der Waals surface area contributed by atoms with Gasteiger partial charge in [-0.25, -0.2) is 13.2 Å². The van der Waals surface area contributed by atoms with Crippen LogP contribution in [0.3, 0.4) is 0 Å². The van der Waals surface area contributed by atoms with Crippen LogP contribution in [0, 0.1) is 0 Å². The Morgan fingerprint density at radius 1 is 1.25 bits per heavy atom. The highest BCUT2D eigenvalue weighted by molar-refractivity contribution is 7.91. The normalized spacial score (nSPS) is 11.2. The molecule has 0 aliphatic carbocycles. The predicted octanol–water partition coefficient (Wildman–Crippen LogP) is 1.21. The molecular formula is C13H18O6S. The van der Waals surface area contributed by atoms with Gasteiger partial charge in [0, 0.05) is 7.11 Å². The van der Waals surface area contributed by atoms with Crippen LogP contribution in [0.25, 0.3) is 0 Å². The maximum atomic E-state index is 11.5. The first kappa shape index (κ1) is 16.5. The summed E-state index contributed by atoms with van der Waals surface area (Å²) in [7, 11) is -1.67. The second-order valence-corrected chi connectivity index (χ2v) is 6.48. The highest BCUT2D eigenvalue weighted by Gasteiger charge is 2.10. The Kier molecular flexibility index (Phi) is 6.47. The highest BCUT2D eigenvalue weighted by atomic mass is 32.2. The first-order valence-electron chi connectivity index (χ1n) is 6.10. The molecule has 0 unspecified atom stereocenters. The van der Waals surface area contributed by atoms with Gasteiger partial charge in [-0.2, -0.15) is 0 Å². The molecule has 0 aliphatic rings. The number of carboxylic acid groups (broad SMARTS) is 1. The molecule has 0 aromatic heterocycles. The summed E-state index contributed by atoms with van der Waals surface area (Å²) in [6.07, 6.45) is 0.351. The van der Waals surface area contributed by atoms with E-state index in [0.29, 0.717) is 12.2 Å². The molecule has 0 saturated carbocycles. The van der Waals surface area contributed by atoms with Gasteiger partial charge in [0.1, 0.15) is 5.75 Å². The quantitative estimate of drug-likeness (QED) is 0.690. The monoisotopic (exact) mass is 302 g/mol. The predicted molar refractivity (Wildman–Crippen MR) is 74.0 cm³/mol. The molecule has 6 nitrogen and oxygen atoms in total. The molecule has 1 N–H and O–H groups in total. The second kappa shape index (κ2) is 7.86. The van der Waals surface area contributed by atoms with Gasteiger partial charge < -0.3 is 14.6 Å². The fourth-order valence-corrected chi connectivity index (χ4v) is 2.68. The van der Waals surface area contributed by atoms with Crippen molar-refractivity contribution in [3.63, 3.8) is 0 Å². The molecule has 20 heavy (non-hydrogen) atoms. The molecular weight excluding hydrogens is 284 g/mol. The second-order valence-electron chi connectivity index (χ2n) is 4.18. The van der Waals surface area contributed by atoms with Gasteiger partial charge in [0.15, 0.2) is 9.84 Å². The molecule has 0 fully saturated rings. The van der Waals surface area contributed by atoms with Crippen molar-refractivity contribution in [2.75, 3.05) is 31.8 Å². The van der Waals surface area contributed by atoms with E-state index in [4.69, 9.17) is 14.6 Å². The van der Waals surface area contributed by atoms with Crippen LogP contribution < -0.4 is 4.74 Å². The minimum absolute atomic E-state index is 0.00198. The summed E-state index contributed by atoms with van der Waals surface area (Å²) in [5, 5.41) is 8.82. The molecule has 0 heterocycles. The van der Waals surface area contributed by atoms with E-state index in [1.165, 1.54) is 19.2 Å². The van der Waals surface area contributed by atoms with Gasteiger partial charge in [-0.05, 0) is 24.6 Å². The van der Waals surface area contributed by atoms with Gasteiger partial charge in [0.05, 0.1) is 30.3 Å². The zero-order valence-electron chi connectivity index (χ0n) is 11.2. The van der Waals surface area contributed by atoms with Gasteiger partial charge in [0.2, 0.25) is 0 Å². The maximum Gasteiger partial charge on any atom is 0.335 e. The Labute approximate surface area is 118 Å². The lowest BCUT2D eigenvalue weighted by atomic mass is 10.2. The fourth-order valence-electron chi connectivity index (χ4n) is 1.50. The SMILES string of the molecule is COCCS(=O)(=O)CCCOc1cccc(C(=O)O)c1. The van der Waals surface area contributed by atoms with Crippen LogP contribution in [0.2, 0.25) is 0 Å². The summed E-state index contributed by atoms with van der Waals surface area (Å²) in [6, 6.07) is 6.08. The summed E-state index contributed by atoms with van der Waals surface area (Å²) < 4.78 is 33.1. The Bertz CT molecular complexity index is 538. The van der Waals surface area contributed by atoms with Gasteiger partial charge in [0.25, 0.3) is 0 Å². The van der Waals surface area contributed by atoms with Gasteiger partial charge in [-0.15, -0.1) is 0 Å². The lowest BCUT2D eigenvalue weighted by molar-refractivity contribution is 0.0696. The first-order valence-corrected chi connectivity index (χ1v) is 7.92. The number of hydrogen-bond donors (Lipinski definition) is 1. The van der Waals surface area contributed by atoms with Gasteiger partial charge >= 0.3 is 5.97 Å². The number of carbonyl (C=O) groups is 1. The number of aromatic carboxylic acids is 1. The van der Waals surface area contributed by atoms with Crippen LogP contribution in [0.4, 0.5) is 0 Å². The molecule has 0 radical (unpaired) electrons. The third-order valence-corrected chi connectivity index (χ3v) is 4.25. The lowest BCUT2D eigenvalue weighted by Gasteiger charge is -2.07. The van der Waals surface area contributed by atoms with E-state index >= 15 is 0 Å². The van der Waals surface area contributed by atoms with Crippen LogP contribution in [0.1, 0.15) is 16.8 Å². The molecule has 1 rings (SSSR count). The molecule has 0 amide bonds. The first-order chi connectivity index (χ1) is 9.44. The average Bonchev–Trinajstić information content (AvgIpc) is 2.42. The Hall–Kier alpha value is -1.60. The molecule has 0 spiro atoms. The lowest BCUT2D eigenvalue weighted by Crippen LogP contribution is -2.16. The third-order valence-electron chi connectivity index (χ3n) is 2.55. The van der Waals surface area contributed by atoms with Crippen molar-refractivity contribution in [2.24, 2.45) is 0 Å². The van der Waals surface area contributed by atoms with Crippen LogP contribution in [-0.2, 0) is 14.6 Å². The minimum Gasteiger partial charge on any atom is -0.494 e. The number of rotatable bonds is 9. The number of methoxy groups -OCH3 is 1. The van der Waals surface area contributed by atoms with Crippen molar-refractivity contribution in [1.29, 1.82) is 0 Å². The average molecular weight is 302 g/mol. The van der Waals surface area contributed by atoms with E-state index in [2.05, 4.69) is 0 Å². The number of sulfone groups is 1. The van der Waals surface area contributed by atoms with Crippen LogP contribution in [0.15, 0.2) is 24.3 Å². The molecule has 1 aromatic rings. The van der Waals surface area contributed by atoms with Gasteiger partial charge in [-0.3, -0.25) is 0 Å². The van der Waals surface area contributed by atoms with Crippen molar-refractivity contribution in [2.45, 2.75) is 6.42 Å². The standard InChI is InChI=1S/C13H18O6S/c1-18-7-9-20(16,17)8-3-6-19-12-5-2-4-11(10-12)13(14)15/h2,4-5,10H,3,6-9H2,1H3,(H,14,15). The smallest absolute Gasteiger partial charge is 0.335 e. The molecule has 0 saturated heterocycles. The number of ether oxygens (including phenoxy) is 2. The van der Waals surface area contributed by atoms with E-state index in [-0.39, 0.29) is 30.3 Å². The zero-order valence-corrected chi connectivity index (χ0v) is 12.1. The molecule has 0 atom stereocenters. The molecule has 0 bridgehead atoms. The van der Waals surface area contributed by atoms with Crippen molar-refractivity contribution in [1.82, 2.24) is 0 Å². The number of carboxylic acids is 1. The summed E-state index contributed by atoms with van der Waals surface area (Å²) in [4.78, 5) is 10.8. The maximum absolute atomic E-state index is 11.5. The molecule has 112 valence electrons. The van der Waals surface area contributed by atoms with Crippen LogP contribution >= 0.6 is 0 Å². The number of benzene rings is 1. The Morgan fingerprint density at radius 2 is 2.00 bits per heavy atom. The van der Waals surface area contributed by atoms with E-state index in [0.717, 1.165) is 0 Å². The third kappa shape index (κ3) is 6.03. The van der Waals surface area contributed by atoms with Crippen molar-refractivity contribution >= 4 is 15.8 Å². The minimum atomic E-state index is -3.12. The topological polar surface area (TPSA) is 89.9 Å². The summed E-state index contributed by atoms with van der Waals surface area (Å²) >= 11 is 0. The van der Waals surface area contributed by atoms with E-state index in [9.17, 15) is 13.2 Å². The number of hydrogen-bond acceptors (Lipinski definition) is 5.